The van der Waals surface area contributed by atoms with Crippen LogP contribution < -0.4 is 4.90 Å². The van der Waals surface area contributed by atoms with Crippen molar-refractivity contribution in [2.45, 2.75) is 57.6 Å². The van der Waals surface area contributed by atoms with Gasteiger partial charge in [-0.25, -0.2) is 9.78 Å². The van der Waals surface area contributed by atoms with Gasteiger partial charge in [-0.15, -0.1) is 11.3 Å². The lowest BCUT2D eigenvalue weighted by molar-refractivity contribution is 0.0260. The molecule has 0 bridgehead atoms. The van der Waals surface area contributed by atoms with Gasteiger partial charge in [-0.2, -0.15) is 0 Å². The van der Waals surface area contributed by atoms with E-state index in [0.717, 1.165) is 75.4 Å². The van der Waals surface area contributed by atoms with Gasteiger partial charge in [-0.1, -0.05) is 6.42 Å². The molecule has 3 heterocycles. The molecule has 2 saturated heterocycles. The smallest absolute Gasteiger partial charge is 0.410 e. The number of aryl methyl sites for hydroxylation is 1. The molecule has 3 aliphatic rings. The lowest BCUT2D eigenvalue weighted by Gasteiger charge is -2.42. The van der Waals surface area contributed by atoms with Gasteiger partial charge in [0.15, 0.2) is 5.13 Å². The maximum Gasteiger partial charge on any atom is 0.410 e. The van der Waals surface area contributed by atoms with E-state index >= 15 is 0 Å². The van der Waals surface area contributed by atoms with E-state index in [2.05, 4.69) is 20.2 Å². The quantitative estimate of drug-likeness (QED) is 0.809. The van der Waals surface area contributed by atoms with E-state index in [9.17, 15) is 4.79 Å². The maximum atomic E-state index is 12.6. The van der Waals surface area contributed by atoms with Crippen molar-refractivity contribution in [2.24, 2.45) is 0 Å². The van der Waals surface area contributed by atoms with E-state index in [-0.39, 0.29) is 12.2 Å². The van der Waals surface area contributed by atoms with Crippen molar-refractivity contribution in [1.82, 2.24) is 14.8 Å². The zero-order valence-corrected chi connectivity index (χ0v) is 16.5. The maximum absolute atomic E-state index is 12.6. The number of carbonyl (C=O) groups excluding carboxylic acids is 1. The van der Waals surface area contributed by atoms with Crippen LogP contribution in [0.1, 0.15) is 44.2 Å². The summed E-state index contributed by atoms with van der Waals surface area (Å²) >= 11 is 1.71. The van der Waals surface area contributed by atoms with Crippen LogP contribution in [0.15, 0.2) is 5.38 Å². The molecule has 6 nitrogen and oxygen atoms in total. The van der Waals surface area contributed by atoms with Crippen molar-refractivity contribution in [3.63, 3.8) is 0 Å². The van der Waals surface area contributed by atoms with Gasteiger partial charge in [0, 0.05) is 57.1 Å². The molecule has 7 heteroatoms. The number of hydrogen-bond acceptors (Lipinski definition) is 6. The SMILES string of the molecule is Cc1csc(N2CCCC(OC(=O)N3CCN(C4CCC4)CC3)CC2)n1. The number of rotatable bonds is 3. The lowest BCUT2D eigenvalue weighted by atomic mass is 9.91. The highest BCUT2D eigenvalue weighted by Crippen LogP contribution is 2.26. The third kappa shape index (κ3) is 4.14. The Hall–Kier alpha value is -1.34. The molecular formula is C19H30N4O2S. The van der Waals surface area contributed by atoms with Gasteiger partial charge in [0.05, 0.1) is 5.69 Å². The standard InChI is InChI=1S/C19H30N4O2S/c1-15-14-26-18(20-15)22-8-3-6-17(7-9-22)25-19(24)23-12-10-21(11-13-23)16-4-2-5-16/h14,16-17H,2-13H2,1H3. The van der Waals surface area contributed by atoms with Gasteiger partial charge >= 0.3 is 6.09 Å². The van der Waals surface area contributed by atoms with Crippen LogP contribution in [-0.2, 0) is 4.74 Å². The summed E-state index contributed by atoms with van der Waals surface area (Å²) in [5.41, 5.74) is 1.08. The van der Waals surface area contributed by atoms with Crippen LogP contribution in [0.25, 0.3) is 0 Å². The Kier molecular flexibility index (Phi) is 5.64. The average molecular weight is 379 g/mol. The van der Waals surface area contributed by atoms with Crippen LogP contribution in [-0.4, -0.2) is 72.3 Å². The van der Waals surface area contributed by atoms with Crippen LogP contribution in [0.3, 0.4) is 0 Å². The summed E-state index contributed by atoms with van der Waals surface area (Å²) in [5, 5.41) is 3.20. The van der Waals surface area contributed by atoms with Crippen molar-refractivity contribution in [2.75, 3.05) is 44.2 Å². The molecular weight excluding hydrogens is 348 g/mol. The lowest BCUT2D eigenvalue weighted by Crippen LogP contribution is -2.53. The Morgan fingerprint density at radius 3 is 2.54 bits per heavy atom. The summed E-state index contributed by atoms with van der Waals surface area (Å²) in [7, 11) is 0. The molecule has 1 saturated carbocycles. The fraction of sp³-hybridized carbons (Fsp3) is 0.789. The molecule has 1 aromatic heterocycles. The minimum atomic E-state index is -0.109. The first-order valence-corrected chi connectivity index (χ1v) is 10.9. The highest BCUT2D eigenvalue weighted by molar-refractivity contribution is 7.13. The second-order valence-electron chi connectivity index (χ2n) is 7.80. The minimum absolute atomic E-state index is 0.0400. The number of ether oxygens (including phenoxy) is 1. The zero-order chi connectivity index (χ0) is 17.9. The molecule has 1 aromatic rings. The Morgan fingerprint density at radius 1 is 1.08 bits per heavy atom. The summed E-state index contributed by atoms with van der Waals surface area (Å²) < 4.78 is 5.86. The Balaban J connectivity index is 1.23. The van der Waals surface area contributed by atoms with Crippen molar-refractivity contribution < 1.29 is 9.53 Å². The number of anilines is 1. The predicted molar refractivity (Wildman–Crippen MR) is 104 cm³/mol. The van der Waals surface area contributed by atoms with E-state index in [0.29, 0.717) is 0 Å². The van der Waals surface area contributed by atoms with Crippen molar-refractivity contribution in [3.05, 3.63) is 11.1 Å². The van der Waals surface area contributed by atoms with E-state index in [1.165, 1.54) is 19.3 Å². The predicted octanol–water partition coefficient (Wildman–Crippen LogP) is 3.12. The normalized spacial score (nSPS) is 25.7. The van der Waals surface area contributed by atoms with Gasteiger partial charge in [-0.05, 0) is 32.6 Å². The zero-order valence-electron chi connectivity index (χ0n) is 15.7. The second-order valence-corrected chi connectivity index (χ2v) is 8.64. The van der Waals surface area contributed by atoms with E-state index in [1.807, 2.05) is 11.8 Å². The summed E-state index contributed by atoms with van der Waals surface area (Å²) in [6, 6.07) is 0.774. The molecule has 2 aliphatic heterocycles. The summed E-state index contributed by atoms with van der Waals surface area (Å²) in [6.45, 7) is 7.58. The molecule has 0 spiro atoms. The molecule has 4 rings (SSSR count). The monoisotopic (exact) mass is 378 g/mol. The summed E-state index contributed by atoms with van der Waals surface area (Å²) in [6.07, 6.45) is 6.86. The fourth-order valence-electron chi connectivity index (χ4n) is 4.10. The Morgan fingerprint density at radius 2 is 1.88 bits per heavy atom. The van der Waals surface area contributed by atoms with Crippen molar-refractivity contribution in [1.29, 1.82) is 0 Å². The number of hydrogen-bond donors (Lipinski definition) is 0. The van der Waals surface area contributed by atoms with Gasteiger partial charge in [0.25, 0.3) is 0 Å². The molecule has 1 amide bonds. The number of piperazine rings is 1. The first kappa shape index (κ1) is 18.0. The topological polar surface area (TPSA) is 48.9 Å². The van der Waals surface area contributed by atoms with E-state index < -0.39 is 0 Å². The van der Waals surface area contributed by atoms with Gasteiger partial charge < -0.3 is 14.5 Å². The molecule has 1 aliphatic carbocycles. The third-order valence-electron chi connectivity index (χ3n) is 5.98. The average Bonchev–Trinajstić information content (AvgIpc) is 2.89. The first-order chi connectivity index (χ1) is 12.7. The van der Waals surface area contributed by atoms with E-state index in [4.69, 9.17) is 4.74 Å². The van der Waals surface area contributed by atoms with Crippen LogP contribution in [0, 0.1) is 6.92 Å². The molecule has 0 N–H and O–H groups in total. The van der Waals surface area contributed by atoms with Gasteiger partial charge in [0.2, 0.25) is 0 Å². The Bertz CT molecular complexity index is 610. The second kappa shape index (κ2) is 8.13. The summed E-state index contributed by atoms with van der Waals surface area (Å²) in [5.74, 6) is 0. The van der Waals surface area contributed by atoms with Crippen LogP contribution in [0.5, 0.6) is 0 Å². The first-order valence-electron chi connectivity index (χ1n) is 10.1. The molecule has 144 valence electrons. The number of aromatic nitrogens is 1. The molecule has 0 aromatic carbocycles. The molecule has 26 heavy (non-hydrogen) atoms. The number of carbonyl (C=O) groups is 1. The highest BCUT2D eigenvalue weighted by Gasteiger charge is 2.31. The third-order valence-corrected chi connectivity index (χ3v) is 7.00. The van der Waals surface area contributed by atoms with Gasteiger partial charge in [-0.3, -0.25) is 4.90 Å². The van der Waals surface area contributed by atoms with Crippen LogP contribution in [0.4, 0.5) is 9.93 Å². The van der Waals surface area contributed by atoms with Crippen LogP contribution in [0.2, 0.25) is 0 Å². The largest absolute Gasteiger partial charge is 0.446 e. The number of thiazole rings is 1. The van der Waals surface area contributed by atoms with Crippen molar-refractivity contribution in [3.8, 4) is 0 Å². The summed E-state index contributed by atoms with van der Waals surface area (Å²) in [4.78, 5) is 23.9. The molecule has 0 radical (unpaired) electrons. The van der Waals surface area contributed by atoms with Crippen molar-refractivity contribution >= 4 is 22.6 Å². The van der Waals surface area contributed by atoms with Gasteiger partial charge in [0.1, 0.15) is 6.10 Å². The highest BCUT2D eigenvalue weighted by atomic mass is 32.1. The van der Waals surface area contributed by atoms with Crippen LogP contribution >= 0.6 is 11.3 Å². The minimum Gasteiger partial charge on any atom is -0.446 e. The molecule has 3 fully saturated rings. The van der Waals surface area contributed by atoms with E-state index in [1.54, 1.807) is 11.3 Å². The fourth-order valence-corrected chi connectivity index (χ4v) is 4.96. The number of nitrogens with zero attached hydrogens (tertiary/aromatic N) is 4. The number of amides is 1. The Labute approximate surface area is 160 Å². The molecule has 1 unspecified atom stereocenters. The molecule has 1 atom stereocenters.